The minimum absolute atomic E-state index is 0.110. The lowest BCUT2D eigenvalue weighted by molar-refractivity contribution is 0.296. The molecule has 0 radical (unpaired) electrons. The van der Waals surface area contributed by atoms with Crippen molar-refractivity contribution < 1.29 is 8.42 Å². The van der Waals surface area contributed by atoms with E-state index >= 15 is 0 Å². The van der Waals surface area contributed by atoms with Crippen molar-refractivity contribution in [3.8, 4) is 0 Å². The second-order valence-corrected chi connectivity index (χ2v) is 8.81. The minimum Gasteiger partial charge on any atom is -0.361 e. The number of anilines is 1. The number of hydrogen-bond acceptors (Lipinski definition) is 4. The zero-order valence-corrected chi connectivity index (χ0v) is 15.5. The Morgan fingerprint density at radius 3 is 2.67 bits per heavy atom. The number of fused-ring (bicyclic) bond motifs is 1. The molecule has 1 unspecified atom stereocenters. The second-order valence-electron chi connectivity index (χ2n) is 6.67. The molecule has 0 saturated carbocycles. The third-order valence-corrected chi connectivity index (χ3v) is 6.44. The van der Waals surface area contributed by atoms with Gasteiger partial charge in [-0.05, 0) is 25.0 Å². The normalized spacial score (nSPS) is 20.0. The highest BCUT2D eigenvalue weighted by Crippen LogP contribution is 2.30. The van der Waals surface area contributed by atoms with E-state index in [2.05, 4.69) is 4.40 Å². The number of hydrogen-bond donors (Lipinski definition) is 0. The number of piperidine rings is 1. The summed E-state index contributed by atoms with van der Waals surface area (Å²) >= 11 is 0. The Morgan fingerprint density at radius 1 is 1.25 bits per heavy atom. The Kier molecular flexibility index (Phi) is 4.54. The summed E-state index contributed by atoms with van der Waals surface area (Å²) in [6.45, 7) is 1.05. The highest BCUT2D eigenvalue weighted by atomic mass is 32.2. The van der Waals surface area contributed by atoms with E-state index in [0.717, 1.165) is 29.9 Å². The molecule has 0 aromatic carbocycles. The summed E-state index contributed by atoms with van der Waals surface area (Å²) in [7, 11) is 3.73. The van der Waals surface area contributed by atoms with Crippen molar-refractivity contribution in [3.63, 3.8) is 0 Å². The molecule has 8 heteroatoms. The molecule has 0 bridgehead atoms. The van der Waals surface area contributed by atoms with Gasteiger partial charge < -0.3 is 9.30 Å². The van der Waals surface area contributed by atoms with Gasteiger partial charge >= 0.3 is 0 Å². The molecule has 1 fully saturated rings. The van der Waals surface area contributed by atoms with Crippen LogP contribution < -0.4 is 4.90 Å². The summed E-state index contributed by atoms with van der Waals surface area (Å²) < 4.78 is 29.8. The zero-order chi connectivity index (χ0) is 17.5. The molecule has 2 aromatic heterocycles. The fraction of sp³-hybridized carbons (Fsp3) is 0.562. The molecular weight excluding hydrogens is 326 g/mol. The molecule has 24 heavy (non-hydrogen) atoms. The SMILES string of the molecule is CN(C)c1nc(C2CCCN(S(=O)(=O)N(C)C)C2)cn2cccc12. The smallest absolute Gasteiger partial charge is 0.281 e. The quantitative estimate of drug-likeness (QED) is 0.835. The number of aromatic nitrogens is 2. The van der Waals surface area contributed by atoms with Crippen LogP contribution in [0.4, 0.5) is 5.82 Å². The average molecular weight is 351 g/mol. The van der Waals surface area contributed by atoms with E-state index in [1.54, 1.807) is 18.4 Å². The monoisotopic (exact) mass is 351 g/mol. The van der Waals surface area contributed by atoms with Crippen LogP contribution in [0.5, 0.6) is 0 Å². The van der Waals surface area contributed by atoms with Crippen LogP contribution in [0.2, 0.25) is 0 Å². The fourth-order valence-electron chi connectivity index (χ4n) is 3.20. The van der Waals surface area contributed by atoms with E-state index in [0.29, 0.717) is 13.1 Å². The van der Waals surface area contributed by atoms with Gasteiger partial charge in [-0.15, -0.1) is 0 Å². The van der Waals surface area contributed by atoms with Gasteiger partial charge in [0.1, 0.15) is 0 Å². The highest BCUT2D eigenvalue weighted by Gasteiger charge is 2.32. The van der Waals surface area contributed by atoms with Crippen molar-refractivity contribution >= 4 is 21.5 Å². The predicted octanol–water partition coefficient (Wildman–Crippen LogP) is 1.39. The maximum atomic E-state index is 12.4. The van der Waals surface area contributed by atoms with E-state index < -0.39 is 10.2 Å². The van der Waals surface area contributed by atoms with Gasteiger partial charge in [-0.25, -0.2) is 4.98 Å². The van der Waals surface area contributed by atoms with E-state index in [1.807, 2.05) is 43.5 Å². The summed E-state index contributed by atoms with van der Waals surface area (Å²) in [4.78, 5) is 6.82. The molecule has 7 nitrogen and oxygen atoms in total. The van der Waals surface area contributed by atoms with Crippen molar-refractivity contribution in [1.82, 2.24) is 18.0 Å². The molecular formula is C16H25N5O2S. The van der Waals surface area contributed by atoms with E-state index in [9.17, 15) is 8.42 Å². The van der Waals surface area contributed by atoms with Crippen LogP contribution in [0.1, 0.15) is 24.5 Å². The summed E-state index contributed by atoms with van der Waals surface area (Å²) in [6.07, 6.45) is 5.83. The zero-order valence-electron chi connectivity index (χ0n) is 14.7. The van der Waals surface area contributed by atoms with Crippen LogP contribution >= 0.6 is 0 Å². The maximum absolute atomic E-state index is 12.4. The molecule has 1 saturated heterocycles. The lowest BCUT2D eigenvalue weighted by Gasteiger charge is -2.33. The molecule has 0 spiro atoms. The molecule has 1 atom stereocenters. The van der Waals surface area contributed by atoms with Crippen molar-refractivity contribution in [3.05, 3.63) is 30.2 Å². The molecule has 2 aromatic rings. The third-order valence-electron chi connectivity index (χ3n) is 4.53. The summed E-state index contributed by atoms with van der Waals surface area (Å²) in [6, 6.07) is 4.03. The molecule has 0 aliphatic carbocycles. The first-order chi connectivity index (χ1) is 11.3. The molecule has 132 valence electrons. The van der Waals surface area contributed by atoms with Crippen molar-refractivity contribution in [2.45, 2.75) is 18.8 Å². The van der Waals surface area contributed by atoms with Crippen LogP contribution in [-0.4, -0.2) is 67.7 Å². The van der Waals surface area contributed by atoms with Gasteiger partial charge in [0.2, 0.25) is 0 Å². The van der Waals surface area contributed by atoms with E-state index in [-0.39, 0.29) is 5.92 Å². The fourth-order valence-corrected chi connectivity index (χ4v) is 4.39. The highest BCUT2D eigenvalue weighted by molar-refractivity contribution is 7.86. The Hall–Kier alpha value is -1.64. The summed E-state index contributed by atoms with van der Waals surface area (Å²) in [5.41, 5.74) is 2.00. The van der Waals surface area contributed by atoms with E-state index in [1.165, 1.54) is 4.31 Å². The first-order valence-electron chi connectivity index (χ1n) is 8.13. The minimum atomic E-state index is -3.38. The lowest BCUT2D eigenvalue weighted by Crippen LogP contribution is -2.45. The van der Waals surface area contributed by atoms with Crippen molar-refractivity contribution in [2.24, 2.45) is 0 Å². The molecule has 3 rings (SSSR count). The van der Waals surface area contributed by atoms with Gasteiger partial charge in [-0.3, -0.25) is 0 Å². The van der Waals surface area contributed by atoms with Crippen LogP contribution in [0.25, 0.3) is 5.52 Å². The number of rotatable bonds is 4. The van der Waals surface area contributed by atoms with Crippen LogP contribution in [-0.2, 0) is 10.2 Å². The van der Waals surface area contributed by atoms with Gasteiger partial charge in [-0.1, -0.05) is 0 Å². The number of nitrogens with zero attached hydrogens (tertiary/aromatic N) is 5. The van der Waals surface area contributed by atoms with Gasteiger partial charge in [0.15, 0.2) is 5.82 Å². The largest absolute Gasteiger partial charge is 0.361 e. The standard InChI is InChI=1S/C16H25N5O2S/c1-18(2)16-15-8-6-9-20(15)12-14(17-16)13-7-5-10-21(11-13)24(22,23)19(3)4/h6,8-9,12-13H,5,7,10-11H2,1-4H3. The summed E-state index contributed by atoms with van der Waals surface area (Å²) in [5, 5.41) is 0. The topological polar surface area (TPSA) is 61.2 Å². The van der Waals surface area contributed by atoms with Crippen molar-refractivity contribution in [2.75, 3.05) is 46.2 Å². The molecule has 1 aliphatic rings. The van der Waals surface area contributed by atoms with Crippen LogP contribution in [0, 0.1) is 0 Å². The predicted molar refractivity (Wildman–Crippen MR) is 95.7 cm³/mol. The van der Waals surface area contributed by atoms with Gasteiger partial charge in [0.05, 0.1) is 11.2 Å². The van der Waals surface area contributed by atoms with Gasteiger partial charge in [0, 0.05) is 59.6 Å². The Labute approximate surface area is 143 Å². The van der Waals surface area contributed by atoms with E-state index in [4.69, 9.17) is 4.98 Å². The Balaban J connectivity index is 1.95. The molecule has 3 heterocycles. The first-order valence-corrected chi connectivity index (χ1v) is 9.53. The molecule has 0 amide bonds. The van der Waals surface area contributed by atoms with Crippen molar-refractivity contribution in [1.29, 1.82) is 0 Å². The molecule has 0 N–H and O–H groups in total. The Morgan fingerprint density at radius 2 is 2.00 bits per heavy atom. The van der Waals surface area contributed by atoms with Gasteiger partial charge in [0.25, 0.3) is 10.2 Å². The van der Waals surface area contributed by atoms with Crippen LogP contribution in [0.15, 0.2) is 24.5 Å². The first kappa shape index (κ1) is 17.2. The second kappa shape index (κ2) is 6.34. The van der Waals surface area contributed by atoms with Crippen LogP contribution in [0.3, 0.4) is 0 Å². The maximum Gasteiger partial charge on any atom is 0.281 e. The summed E-state index contributed by atoms with van der Waals surface area (Å²) in [5.74, 6) is 1.02. The third kappa shape index (κ3) is 3.01. The Bertz CT molecular complexity index is 828. The average Bonchev–Trinajstić information content (AvgIpc) is 3.02. The molecule has 1 aliphatic heterocycles. The van der Waals surface area contributed by atoms with Gasteiger partial charge in [-0.2, -0.15) is 17.0 Å². The lowest BCUT2D eigenvalue weighted by atomic mass is 9.96.